The minimum atomic E-state index is 0.0372. The summed E-state index contributed by atoms with van der Waals surface area (Å²) in [6.45, 7) is 9.55. The van der Waals surface area contributed by atoms with Crippen molar-refractivity contribution in [2.75, 3.05) is 13.1 Å². The molecule has 1 aliphatic heterocycles. The summed E-state index contributed by atoms with van der Waals surface area (Å²) >= 11 is 0. The first-order chi connectivity index (χ1) is 9.63. The maximum Gasteiger partial charge on any atom is 0.345 e. The first-order valence-electron chi connectivity index (χ1n) is 7.65. The van der Waals surface area contributed by atoms with Gasteiger partial charge in [-0.25, -0.2) is 9.48 Å². The highest BCUT2D eigenvalue weighted by Gasteiger charge is 2.22. The highest BCUT2D eigenvalue weighted by molar-refractivity contribution is 5.00. The van der Waals surface area contributed by atoms with Crippen molar-refractivity contribution in [3.8, 4) is 0 Å². The molecule has 0 amide bonds. The Morgan fingerprint density at radius 3 is 2.90 bits per heavy atom. The van der Waals surface area contributed by atoms with Crippen LogP contribution in [0.5, 0.6) is 0 Å². The minimum Gasteiger partial charge on any atom is -0.316 e. The molecule has 0 aliphatic carbocycles. The zero-order chi connectivity index (χ0) is 14.5. The van der Waals surface area contributed by atoms with Crippen LogP contribution < -0.4 is 11.0 Å². The number of hydrogen-bond acceptors (Lipinski definition) is 3. The van der Waals surface area contributed by atoms with Crippen LogP contribution in [-0.4, -0.2) is 27.4 Å². The number of rotatable bonds is 5. The highest BCUT2D eigenvalue weighted by atomic mass is 16.2. The van der Waals surface area contributed by atoms with E-state index in [0.29, 0.717) is 19.0 Å². The molecule has 0 bridgehead atoms. The molecule has 5 heteroatoms. The molecule has 0 spiro atoms. The molecule has 2 rings (SSSR count). The third-order valence-corrected chi connectivity index (χ3v) is 3.82. The van der Waals surface area contributed by atoms with Gasteiger partial charge in [0, 0.05) is 25.6 Å². The van der Waals surface area contributed by atoms with Crippen LogP contribution in [-0.2, 0) is 13.1 Å². The smallest absolute Gasteiger partial charge is 0.316 e. The number of nitrogens with one attached hydrogen (secondary N) is 1. The Morgan fingerprint density at radius 1 is 1.50 bits per heavy atom. The lowest BCUT2D eigenvalue weighted by Crippen LogP contribution is -2.31. The molecule has 1 aromatic rings. The topological polar surface area (TPSA) is 51.9 Å². The number of piperidine rings is 1. The zero-order valence-corrected chi connectivity index (χ0v) is 12.9. The van der Waals surface area contributed by atoms with Gasteiger partial charge in [-0.1, -0.05) is 11.6 Å². The quantitative estimate of drug-likeness (QED) is 0.837. The van der Waals surface area contributed by atoms with Crippen molar-refractivity contribution in [2.45, 2.75) is 59.0 Å². The first kappa shape index (κ1) is 15.0. The second kappa shape index (κ2) is 6.88. The summed E-state index contributed by atoms with van der Waals surface area (Å²) in [5.41, 5.74) is 1.32. The predicted octanol–water partition coefficient (Wildman–Crippen LogP) is 1.89. The van der Waals surface area contributed by atoms with E-state index >= 15 is 0 Å². The van der Waals surface area contributed by atoms with Crippen LogP contribution in [0.2, 0.25) is 0 Å². The van der Waals surface area contributed by atoms with Crippen molar-refractivity contribution >= 4 is 0 Å². The van der Waals surface area contributed by atoms with Crippen molar-refractivity contribution in [1.29, 1.82) is 0 Å². The summed E-state index contributed by atoms with van der Waals surface area (Å²) in [6, 6.07) is 0. The second-order valence-corrected chi connectivity index (χ2v) is 5.72. The molecule has 1 N–H and O–H groups in total. The Bertz CT molecular complexity index is 516. The van der Waals surface area contributed by atoms with Crippen LogP contribution in [0.4, 0.5) is 0 Å². The first-order valence-corrected chi connectivity index (χ1v) is 7.65. The standard InChI is InChI=1S/C15H26N4O/c1-4-18-14(13-8-5-9-16-11-13)17-19(15(18)20)10-6-7-12(2)3/h7,13,16H,4-6,8-11H2,1-3H3/t13-/m1/s1. The Hall–Kier alpha value is -1.36. The third-order valence-electron chi connectivity index (χ3n) is 3.82. The molecule has 0 unspecified atom stereocenters. The maximum atomic E-state index is 12.4. The lowest BCUT2D eigenvalue weighted by atomic mass is 9.99. The largest absolute Gasteiger partial charge is 0.345 e. The molecular weight excluding hydrogens is 252 g/mol. The lowest BCUT2D eigenvalue weighted by Gasteiger charge is -2.21. The normalized spacial score (nSPS) is 19.1. The van der Waals surface area contributed by atoms with E-state index in [0.717, 1.165) is 38.2 Å². The third kappa shape index (κ3) is 3.39. The van der Waals surface area contributed by atoms with Crippen molar-refractivity contribution in [1.82, 2.24) is 19.7 Å². The van der Waals surface area contributed by atoms with E-state index in [-0.39, 0.29) is 5.69 Å². The molecular formula is C15H26N4O. The highest BCUT2D eigenvalue weighted by Crippen LogP contribution is 2.20. The van der Waals surface area contributed by atoms with Gasteiger partial charge < -0.3 is 5.32 Å². The number of hydrogen-bond donors (Lipinski definition) is 1. The minimum absolute atomic E-state index is 0.0372. The SMILES string of the molecule is CCn1c([C@@H]2CCCNC2)nn(CCC=C(C)C)c1=O. The van der Waals surface area contributed by atoms with Crippen molar-refractivity contribution < 1.29 is 0 Å². The Morgan fingerprint density at radius 2 is 2.30 bits per heavy atom. The molecule has 20 heavy (non-hydrogen) atoms. The maximum absolute atomic E-state index is 12.4. The number of allylic oxidation sites excluding steroid dienone is 2. The van der Waals surface area contributed by atoms with Crippen LogP contribution in [0, 0.1) is 0 Å². The molecule has 5 nitrogen and oxygen atoms in total. The van der Waals surface area contributed by atoms with Gasteiger partial charge in [-0.3, -0.25) is 4.57 Å². The molecule has 2 heterocycles. The Balaban J connectivity index is 2.19. The number of aromatic nitrogens is 3. The van der Waals surface area contributed by atoms with Crippen molar-refractivity contribution in [2.24, 2.45) is 0 Å². The van der Waals surface area contributed by atoms with Crippen molar-refractivity contribution in [3.05, 3.63) is 28.0 Å². The van der Waals surface area contributed by atoms with Gasteiger partial charge in [0.2, 0.25) is 0 Å². The summed E-state index contributed by atoms with van der Waals surface area (Å²) in [5.74, 6) is 1.34. The summed E-state index contributed by atoms with van der Waals surface area (Å²) < 4.78 is 3.47. The van der Waals surface area contributed by atoms with Gasteiger partial charge in [0.15, 0.2) is 0 Å². The van der Waals surface area contributed by atoms with E-state index in [4.69, 9.17) is 0 Å². The molecule has 112 valence electrons. The van der Waals surface area contributed by atoms with Crippen LogP contribution in [0.1, 0.15) is 51.8 Å². The van der Waals surface area contributed by atoms with Crippen LogP contribution in [0.3, 0.4) is 0 Å². The van der Waals surface area contributed by atoms with Gasteiger partial charge in [-0.05, 0) is 46.6 Å². The van der Waals surface area contributed by atoms with Gasteiger partial charge in [-0.2, -0.15) is 5.10 Å². The van der Waals surface area contributed by atoms with Gasteiger partial charge in [0.25, 0.3) is 0 Å². The Labute approximate surface area is 120 Å². The molecule has 1 aromatic heterocycles. The molecule has 0 radical (unpaired) electrons. The van der Waals surface area contributed by atoms with Crippen molar-refractivity contribution in [3.63, 3.8) is 0 Å². The summed E-state index contributed by atoms with van der Waals surface area (Å²) in [7, 11) is 0. The average Bonchev–Trinajstić information content (AvgIpc) is 2.76. The van der Waals surface area contributed by atoms with Gasteiger partial charge in [-0.15, -0.1) is 0 Å². The molecule has 1 saturated heterocycles. The fourth-order valence-electron chi connectivity index (χ4n) is 2.75. The summed E-state index contributed by atoms with van der Waals surface area (Å²) in [4.78, 5) is 12.4. The van der Waals surface area contributed by atoms with Gasteiger partial charge >= 0.3 is 5.69 Å². The molecule has 0 saturated carbocycles. The predicted molar refractivity (Wildman–Crippen MR) is 81.1 cm³/mol. The van der Waals surface area contributed by atoms with E-state index in [2.05, 4.69) is 30.3 Å². The summed E-state index contributed by atoms with van der Waals surface area (Å²) in [6.07, 6.45) is 5.30. The van der Waals surface area contributed by atoms with E-state index in [1.165, 1.54) is 5.57 Å². The molecule has 0 aromatic carbocycles. The number of nitrogens with zero attached hydrogens (tertiary/aromatic N) is 3. The molecule has 1 aliphatic rings. The molecule has 1 fully saturated rings. The second-order valence-electron chi connectivity index (χ2n) is 5.72. The van der Waals surface area contributed by atoms with E-state index < -0.39 is 0 Å². The lowest BCUT2D eigenvalue weighted by molar-refractivity contribution is 0.430. The summed E-state index contributed by atoms with van der Waals surface area (Å²) in [5, 5.41) is 8.00. The van der Waals surface area contributed by atoms with E-state index in [9.17, 15) is 4.79 Å². The fourth-order valence-corrected chi connectivity index (χ4v) is 2.75. The van der Waals surface area contributed by atoms with Crippen LogP contribution in [0.25, 0.3) is 0 Å². The van der Waals surface area contributed by atoms with Gasteiger partial charge in [0.05, 0.1) is 0 Å². The molecule has 1 atom stereocenters. The average molecular weight is 278 g/mol. The van der Waals surface area contributed by atoms with E-state index in [1.54, 1.807) is 4.68 Å². The Kier molecular flexibility index (Phi) is 5.17. The van der Waals surface area contributed by atoms with Crippen LogP contribution in [0.15, 0.2) is 16.4 Å². The monoisotopic (exact) mass is 278 g/mol. The van der Waals surface area contributed by atoms with Crippen LogP contribution >= 0.6 is 0 Å². The number of aryl methyl sites for hydroxylation is 1. The van der Waals surface area contributed by atoms with E-state index in [1.807, 2.05) is 11.5 Å². The van der Waals surface area contributed by atoms with Gasteiger partial charge in [0.1, 0.15) is 5.82 Å². The fraction of sp³-hybridized carbons (Fsp3) is 0.733. The zero-order valence-electron chi connectivity index (χ0n) is 12.9.